The summed E-state index contributed by atoms with van der Waals surface area (Å²) in [6.07, 6.45) is 3.97. The summed E-state index contributed by atoms with van der Waals surface area (Å²) in [6, 6.07) is 0.241. The Kier molecular flexibility index (Phi) is 2.82. The van der Waals surface area contributed by atoms with Crippen LogP contribution in [0.1, 0.15) is 12.2 Å². The summed E-state index contributed by atoms with van der Waals surface area (Å²) in [7, 11) is 0. The Balaban J connectivity index is 2.00. The number of oxazole rings is 1. The molecule has 0 saturated carbocycles. The third-order valence-electron chi connectivity index (χ3n) is 2.10. The Labute approximate surface area is 87.1 Å². The molecule has 0 saturated heterocycles. The van der Waals surface area contributed by atoms with E-state index >= 15 is 0 Å². The molecule has 1 N–H and O–H groups in total. The molecule has 1 amide bonds. The van der Waals surface area contributed by atoms with Gasteiger partial charge in [-0.25, -0.2) is 4.98 Å². The van der Waals surface area contributed by atoms with Gasteiger partial charge in [0.25, 0.3) is 5.91 Å². The largest absolute Gasteiger partial charge is 0.429 e. The normalized spacial score (nSPS) is 15.9. The lowest BCUT2D eigenvalue weighted by Gasteiger charge is -2.11. The molecule has 15 heavy (non-hydrogen) atoms. The number of ether oxygens (including phenoxy) is 1. The fourth-order valence-electron chi connectivity index (χ4n) is 1.32. The monoisotopic (exact) mass is 208 g/mol. The Bertz CT molecular complexity index is 395. The lowest BCUT2D eigenvalue weighted by Crippen LogP contribution is -2.19. The number of nitrogens with one attached hydrogen (secondary N) is 1. The molecule has 5 heteroatoms. The summed E-state index contributed by atoms with van der Waals surface area (Å²) in [5.74, 6) is 0.506. The second-order valence-electron chi connectivity index (χ2n) is 3.28. The van der Waals surface area contributed by atoms with Gasteiger partial charge in [0.15, 0.2) is 0 Å². The van der Waals surface area contributed by atoms with Gasteiger partial charge >= 0.3 is 6.01 Å². The number of hydrogen-bond acceptors (Lipinski definition) is 4. The van der Waals surface area contributed by atoms with Crippen LogP contribution in [0.5, 0.6) is 0 Å². The van der Waals surface area contributed by atoms with Crippen molar-refractivity contribution in [3.05, 3.63) is 23.6 Å². The quantitative estimate of drug-likeness (QED) is 0.794. The van der Waals surface area contributed by atoms with Crippen molar-refractivity contribution in [3.8, 4) is 0 Å². The van der Waals surface area contributed by atoms with Crippen LogP contribution in [-0.4, -0.2) is 24.1 Å². The molecule has 1 aromatic heterocycles. The van der Waals surface area contributed by atoms with Crippen molar-refractivity contribution >= 4 is 11.9 Å². The van der Waals surface area contributed by atoms with E-state index in [-0.39, 0.29) is 11.9 Å². The molecule has 0 fully saturated rings. The first-order chi connectivity index (χ1) is 7.25. The topological polar surface area (TPSA) is 64.4 Å². The zero-order valence-corrected chi connectivity index (χ0v) is 8.45. The van der Waals surface area contributed by atoms with E-state index in [4.69, 9.17) is 9.15 Å². The highest BCUT2D eigenvalue weighted by atomic mass is 16.5. The molecule has 2 heterocycles. The molecule has 1 aliphatic rings. The number of rotatable bonds is 2. The smallest absolute Gasteiger partial charge is 0.301 e. The molecule has 0 spiro atoms. The first-order valence-electron chi connectivity index (χ1n) is 4.76. The predicted octanol–water partition coefficient (Wildman–Crippen LogP) is 1.27. The number of hydrogen-bond donors (Lipinski definition) is 1. The van der Waals surface area contributed by atoms with Crippen LogP contribution >= 0.6 is 0 Å². The average Bonchev–Trinajstić information content (AvgIpc) is 2.65. The Hall–Kier alpha value is -1.62. The number of aryl methyl sites for hydroxylation is 1. The molecule has 0 bridgehead atoms. The lowest BCUT2D eigenvalue weighted by atomic mass is 10.1. The number of amides is 1. The maximum absolute atomic E-state index is 11.6. The van der Waals surface area contributed by atoms with Crippen LogP contribution in [-0.2, 0) is 9.53 Å². The Morgan fingerprint density at radius 3 is 3.07 bits per heavy atom. The zero-order valence-electron chi connectivity index (χ0n) is 8.45. The van der Waals surface area contributed by atoms with Crippen LogP contribution in [0.3, 0.4) is 0 Å². The second kappa shape index (κ2) is 4.27. The Morgan fingerprint density at radius 1 is 1.60 bits per heavy atom. The van der Waals surface area contributed by atoms with E-state index in [1.807, 2.05) is 0 Å². The van der Waals surface area contributed by atoms with Gasteiger partial charge in [-0.2, -0.15) is 0 Å². The maximum atomic E-state index is 11.6. The molecule has 1 aromatic rings. The molecule has 0 radical (unpaired) electrons. The van der Waals surface area contributed by atoms with E-state index in [1.165, 1.54) is 0 Å². The van der Waals surface area contributed by atoms with Crippen LogP contribution in [0, 0.1) is 6.92 Å². The van der Waals surface area contributed by atoms with Crippen molar-refractivity contribution in [3.63, 3.8) is 0 Å². The van der Waals surface area contributed by atoms with Crippen molar-refractivity contribution in [2.75, 3.05) is 18.5 Å². The van der Waals surface area contributed by atoms with Gasteiger partial charge in [-0.1, -0.05) is 6.08 Å². The number of carbonyl (C=O) groups is 1. The van der Waals surface area contributed by atoms with E-state index in [2.05, 4.69) is 10.3 Å². The molecular formula is C10H12N2O3. The van der Waals surface area contributed by atoms with E-state index < -0.39 is 0 Å². The summed E-state index contributed by atoms with van der Waals surface area (Å²) in [5, 5.41) is 2.59. The van der Waals surface area contributed by atoms with Crippen LogP contribution in [0.15, 0.2) is 22.3 Å². The summed E-state index contributed by atoms with van der Waals surface area (Å²) in [5.41, 5.74) is 0.720. The van der Waals surface area contributed by atoms with Crippen LogP contribution in [0.2, 0.25) is 0 Å². The number of aromatic nitrogens is 1. The molecule has 80 valence electrons. The molecule has 5 nitrogen and oxygen atoms in total. The fourth-order valence-corrected chi connectivity index (χ4v) is 1.32. The van der Waals surface area contributed by atoms with Gasteiger partial charge in [0.05, 0.1) is 19.4 Å². The first-order valence-corrected chi connectivity index (χ1v) is 4.76. The molecule has 0 unspecified atom stereocenters. The van der Waals surface area contributed by atoms with Crippen LogP contribution in [0.4, 0.5) is 6.01 Å². The molecule has 0 aromatic carbocycles. The summed E-state index contributed by atoms with van der Waals surface area (Å²) >= 11 is 0. The number of nitrogens with zero attached hydrogens (tertiary/aromatic N) is 1. The van der Waals surface area contributed by atoms with Crippen molar-refractivity contribution in [2.24, 2.45) is 0 Å². The van der Waals surface area contributed by atoms with Crippen molar-refractivity contribution in [1.82, 2.24) is 4.98 Å². The third kappa shape index (κ3) is 2.44. The van der Waals surface area contributed by atoms with Crippen molar-refractivity contribution < 1.29 is 13.9 Å². The maximum Gasteiger partial charge on any atom is 0.301 e. The number of anilines is 1. The third-order valence-corrected chi connectivity index (χ3v) is 2.10. The van der Waals surface area contributed by atoms with Gasteiger partial charge in [0, 0.05) is 12.0 Å². The van der Waals surface area contributed by atoms with Gasteiger partial charge in [0.2, 0.25) is 0 Å². The van der Waals surface area contributed by atoms with E-state index in [0.29, 0.717) is 25.4 Å². The predicted molar refractivity (Wildman–Crippen MR) is 53.4 cm³/mol. The highest BCUT2D eigenvalue weighted by molar-refractivity contribution is 6.02. The van der Waals surface area contributed by atoms with E-state index in [9.17, 15) is 4.79 Å². The molecule has 2 rings (SSSR count). The standard InChI is InChI=1S/C10H12N2O3/c1-7-6-11-10(15-7)12-9(13)8-2-4-14-5-3-8/h2,6H,3-5H2,1H3,(H,11,12,13). The second-order valence-corrected chi connectivity index (χ2v) is 3.28. The molecule has 0 atom stereocenters. The summed E-state index contributed by atoms with van der Waals surface area (Å²) < 4.78 is 10.3. The fraction of sp³-hybridized carbons (Fsp3) is 0.400. The Morgan fingerprint density at radius 2 is 2.47 bits per heavy atom. The summed E-state index contributed by atoms with van der Waals surface area (Å²) in [6.45, 7) is 2.85. The zero-order chi connectivity index (χ0) is 10.7. The highest BCUT2D eigenvalue weighted by Gasteiger charge is 2.14. The van der Waals surface area contributed by atoms with Gasteiger partial charge < -0.3 is 9.15 Å². The first kappa shape index (κ1) is 9.92. The van der Waals surface area contributed by atoms with Gasteiger partial charge in [-0.3, -0.25) is 10.1 Å². The molecule has 0 aliphatic carbocycles. The minimum Gasteiger partial charge on any atom is -0.429 e. The van der Waals surface area contributed by atoms with E-state index in [0.717, 1.165) is 5.57 Å². The van der Waals surface area contributed by atoms with Crippen molar-refractivity contribution in [2.45, 2.75) is 13.3 Å². The number of carbonyl (C=O) groups excluding carboxylic acids is 1. The highest BCUT2D eigenvalue weighted by Crippen LogP contribution is 2.12. The van der Waals surface area contributed by atoms with Gasteiger partial charge in [-0.15, -0.1) is 0 Å². The average molecular weight is 208 g/mol. The van der Waals surface area contributed by atoms with E-state index in [1.54, 1.807) is 19.2 Å². The minimum atomic E-state index is -0.167. The lowest BCUT2D eigenvalue weighted by molar-refractivity contribution is -0.113. The van der Waals surface area contributed by atoms with Gasteiger partial charge in [-0.05, 0) is 6.92 Å². The summed E-state index contributed by atoms with van der Waals surface area (Å²) in [4.78, 5) is 15.5. The van der Waals surface area contributed by atoms with Gasteiger partial charge in [0.1, 0.15) is 5.76 Å². The van der Waals surface area contributed by atoms with Crippen LogP contribution in [0.25, 0.3) is 0 Å². The SMILES string of the molecule is Cc1cnc(NC(=O)C2=CCOCC2)o1. The minimum absolute atomic E-state index is 0.167. The van der Waals surface area contributed by atoms with Crippen LogP contribution < -0.4 is 5.32 Å². The molecular weight excluding hydrogens is 196 g/mol. The molecule has 1 aliphatic heterocycles. The van der Waals surface area contributed by atoms with Crippen molar-refractivity contribution in [1.29, 1.82) is 0 Å².